The molecule has 2 heterocycles. The normalized spacial score (nSPS) is 34.2. The smallest absolute Gasteiger partial charge is 0.333 e. The van der Waals surface area contributed by atoms with Crippen LogP contribution in [-0.4, -0.2) is 59.4 Å². The third-order valence-corrected chi connectivity index (χ3v) is 5.19. The number of rotatable bonds is 4. The van der Waals surface area contributed by atoms with E-state index in [9.17, 15) is 14.7 Å². The molecule has 134 valence electrons. The van der Waals surface area contributed by atoms with Gasteiger partial charge in [0.25, 0.3) is 0 Å². The first-order valence-electron chi connectivity index (χ1n) is 8.37. The molecule has 2 bridgehead atoms. The summed E-state index contributed by atoms with van der Waals surface area (Å²) in [4.78, 5) is 26.0. The Labute approximate surface area is 143 Å². The van der Waals surface area contributed by atoms with Gasteiger partial charge in [0.15, 0.2) is 0 Å². The Morgan fingerprint density at radius 1 is 1.00 bits per heavy atom. The summed E-state index contributed by atoms with van der Waals surface area (Å²) in [5.74, 6) is -0.750. The molecule has 0 aromatic carbocycles. The van der Waals surface area contributed by atoms with E-state index >= 15 is 0 Å². The van der Waals surface area contributed by atoms with E-state index in [4.69, 9.17) is 9.47 Å². The van der Waals surface area contributed by atoms with Gasteiger partial charge >= 0.3 is 11.9 Å². The van der Waals surface area contributed by atoms with Crippen molar-refractivity contribution in [3.63, 3.8) is 0 Å². The zero-order chi connectivity index (χ0) is 18.0. The monoisotopic (exact) mass is 337 g/mol. The van der Waals surface area contributed by atoms with Crippen LogP contribution in [0.2, 0.25) is 0 Å². The van der Waals surface area contributed by atoms with Crippen molar-refractivity contribution in [3.8, 4) is 0 Å². The van der Waals surface area contributed by atoms with Crippen molar-refractivity contribution in [1.29, 1.82) is 0 Å². The molecule has 0 aromatic rings. The number of allylic oxidation sites excluding steroid dienone is 2. The number of carbonyl (C=O) groups excluding carboxylic acids is 2. The summed E-state index contributed by atoms with van der Waals surface area (Å²) in [6.07, 6.45) is 2.82. The quantitative estimate of drug-likeness (QED) is 0.620. The summed E-state index contributed by atoms with van der Waals surface area (Å²) in [6, 6.07) is -0.341. The molecule has 2 aliphatic rings. The van der Waals surface area contributed by atoms with E-state index in [1.54, 1.807) is 39.8 Å². The summed E-state index contributed by atoms with van der Waals surface area (Å²) in [6.45, 7) is 6.96. The maximum atomic E-state index is 12.0. The first kappa shape index (κ1) is 18.7. The van der Waals surface area contributed by atoms with Gasteiger partial charge in [-0.25, -0.2) is 9.59 Å². The van der Waals surface area contributed by atoms with E-state index < -0.39 is 18.2 Å². The molecule has 2 fully saturated rings. The Morgan fingerprint density at radius 3 is 2.04 bits per heavy atom. The summed E-state index contributed by atoms with van der Waals surface area (Å²) in [5.41, 5.74) is 1.08. The number of esters is 2. The third-order valence-electron chi connectivity index (χ3n) is 5.19. The molecule has 2 saturated heterocycles. The van der Waals surface area contributed by atoms with Gasteiger partial charge in [-0.05, 0) is 34.7 Å². The Kier molecular flexibility index (Phi) is 5.83. The third kappa shape index (κ3) is 3.54. The van der Waals surface area contributed by atoms with Crippen molar-refractivity contribution >= 4 is 11.9 Å². The van der Waals surface area contributed by atoms with Crippen molar-refractivity contribution in [2.75, 3.05) is 7.05 Å². The zero-order valence-corrected chi connectivity index (χ0v) is 15.0. The Bertz CT molecular complexity index is 568. The zero-order valence-electron chi connectivity index (χ0n) is 15.0. The van der Waals surface area contributed by atoms with Crippen molar-refractivity contribution in [1.82, 2.24) is 4.90 Å². The number of aliphatic hydroxyl groups excluding tert-OH is 1. The second-order valence-corrected chi connectivity index (χ2v) is 6.60. The lowest BCUT2D eigenvalue weighted by molar-refractivity contribution is -0.152. The van der Waals surface area contributed by atoms with Crippen LogP contribution < -0.4 is 0 Å². The molecule has 0 aromatic heterocycles. The molecule has 6 nitrogen and oxygen atoms in total. The first-order chi connectivity index (χ1) is 11.3. The Balaban J connectivity index is 2.09. The molecule has 6 heteroatoms. The highest BCUT2D eigenvalue weighted by molar-refractivity contribution is 5.88. The van der Waals surface area contributed by atoms with Gasteiger partial charge in [0.2, 0.25) is 0 Å². The fourth-order valence-corrected chi connectivity index (χ4v) is 3.35. The van der Waals surface area contributed by atoms with Crippen LogP contribution in [0.25, 0.3) is 0 Å². The molecule has 0 spiro atoms. The minimum atomic E-state index is -0.778. The van der Waals surface area contributed by atoms with E-state index in [1.807, 2.05) is 11.9 Å². The average molecular weight is 337 g/mol. The van der Waals surface area contributed by atoms with Gasteiger partial charge in [-0.2, -0.15) is 0 Å². The second kappa shape index (κ2) is 7.49. The molecule has 0 unspecified atom stereocenters. The van der Waals surface area contributed by atoms with Crippen molar-refractivity contribution in [3.05, 3.63) is 23.3 Å². The molecule has 1 N–H and O–H groups in total. The standard InChI is InChI=1S/C18H27NO5/c1-6-10(3)17(21)23-12-8-13-15(20)16(14(9-12)19(13)5)24-18(22)11(4)7-2/h6-7,12-16,20H,8-9H2,1-5H3/b10-6+,11-7+/t12-,13+,14-,15+,16+/m0/s1. The molecular weight excluding hydrogens is 310 g/mol. The molecule has 0 aliphatic carbocycles. The number of carbonyl (C=O) groups is 2. The topological polar surface area (TPSA) is 76.1 Å². The van der Waals surface area contributed by atoms with Crippen molar-refractivity contribution < 1.29 is 24.2 Å². The highest BCUT2D eigenvalue weighted by atomic mass is 16.6. The van der Waals surface area contributed by atoms with Gasteiger partial charge in [-0.3, -0.25) is 4.90 Å². The van der Waals surface area contributed by atoms with Crippen LogP contribution in [0.5, 0.6) is 0 Å². The minimum Gasteiger partial charge on any atom is -0.459 e. The predicted octanol–water partition coefficient (Wildman–Crippen LogP) is 1.58. The number of aliphatic hydroxyl groups is 1. The summed E-state index contributed by atoms with van der Waals surface area (Å²) < 4.78 is 11.1. The van der Waals surface area contributed by atoms with E-state index in [2.05, 4.69) is 0 Å². The lowest BCUT2D eigenvalue weighted by Gasteiger charge is -2.36. The maximum absolute atomic E-state index is 12.0. The first-order valence-corrected chi connectivity index (χ1v) is 8.37. The average Bonchev–Trinajstić information content (AvgIpc) is 2.70. The van der Waals surface area contributed by atoms with Crippen LogP contribution in [0.1, 0.15) is 40.5 Å². The number of ether oxygens (including phenoxy) is 2. The molecular formula is C18H27NO5. The van der Waals surface area contributed by atoms with E-state index in [-0.39, 0.29) is 24.2 Å². The number of likely N-dealkylation sites (N-methyl/N-ethyl adjacent to an activating group) is 1. The van der Waals surface area contributed by atoms with Gasteiger partial charge in [0.05, 0.1) is 6.04 Å². The predicted molar refractivity (Wildman–Crippen MR) is 89.2 cm³/mol. The summed E-state index contributed by atoms with van der Waals surface area (Å²) >= 11 is 0. The molecule has 24 heavy (non-hydrogen) atoms. The van der Waals surface area contributed by atoms with E-state index in [0.29, 0.717) is 24.0 Å². The number of nitrogens with zero attached hydrogens (tertiary/aromatic N) is 1. The van der Waals surface area contributed by atoms with Crippen LogP contribution in [0.3, 0.4) is 0 Å². The van der Waals surface area contributed by atoms with E-state index in [1.165, 1.54) is 0 Å². The minimum absolute atomic E-state index is 0.156. The van der Waals surface area contributed by atoms with Gasteiger partial charge in [0.1, 0.15) is 18.3 Å². The summed E-state index contributed by atoms with van der Waals surface area (Å²) in [7, 11) is 1.91. The molecule has 0 amide bonds. The van der Waals surface area contributed by atoms with Gasteiger partial charge in [-0.1, -0.05) is 12.2 Å². The van der Waals surface area contributed by atoms with E-state index in [0.717, 1.165) is 0 Å². The maximum Gasteiger partial charge on any atom is 0.333 e. The van der Waals surface area contributed by atoms with Crippen LogP contribution >= 0.6 is 0 Å². The Hall–Kier alpha value is -1.66. The highest BCUT2D eigenvalue weighted by Crippen LogP contribution is 2.38. The summed E-state index contributed by atoms with van der Waals surface area (Å²) in [5, 5.41) is 10.5. The molecule has 2 aliphatic heterocycles. The second-order valence-electron chi connectivity index (χ2n) is 6.60. The number of piperidine rings is 1. The van der Waals surface area contributed by atoms with Gasteiger partial charge in [0, 0.05) is 30.0 Å². The molecule has 0 radical (unpaired) electrons. The van der Waals surface area contributed by atoms with Crippen LogP contribution in [0.4, 0.5) is 0 Å². The van der Waals surface area contributed by atoms with Crippen molar-refractivity contribution in [2.45, 2.75) is 70.9 Å². The largest absolute Gasteiger partial charge is 0.459 e. The van der Waals surface area contributed by atoms with Crippen LogP contribution in [-0.2, 0) is 19.1 Å². The molecule has 5 atom stereocenters. The van der Waals surface area contributed by atoms with Crippen LogP contribution in [0.15, 0.2) is 23.3 Å². The number of hydrogen-bond donors (Lipinski definition) is 1. The Morgan fingerprint density at radius 2 is 1.50 bits per heavy atom. The van der Waals surface area contributed by atoms with Crippen LogP contribution in [0, 0.1) is 0 Å². The molecule has 0 saturated carbocycles. The van der Waals surface area contributed by atoms with Gasteiger partial charge < -0.3 is 14.6 Å². The van der Waals surface area contributed by atoms with Gasteiger partial charge in [-0.15, -0.1) is 0 Å². The lowest BCUT2D eigenvalue weighted by Crippen LogP contribution is -2.46. The number of hydrogen-bond acceptors (Lipinski definition) is 6. The highest BCUT2D eigenvalue weighted by Gasteiger charge is 2.53. The fraction of sp³-hybridized carbons (Fsp3) is 0.667. The lowest BCUT2D eigenvalue weighted by atomic mass is 10.00. The molecule has 2 rings (SSSR count). The van der Waals surface area contributed by atoms with Crippen molar-refractivity contribution in [2.24, 2.45) is 0 Å². The number of fused-ring (bicyclic) bond motifs is 2. The fourth-order valence-electron chi connectivity index (χ4n) is 3.35. The SMILES string of the molecule is C/C=C(\C)C(=O)O[C@H]1C[C@@H]2[C@@H](O)[C@H](OC(=O)/C(C)=C/C)[C@H](C1)N2C.